The number of para-hydroxylation sites is 1. The van der Waals surface area contributed by atoms with Crippen molar-refractivity contribution in [2.45, 2.75) is 31.0 Å². The van der Waals surface area contributed by atoms with Gasteiger partial charge in [0.25, 0.3) is 5.91 Å². The molecule has 26 heavy (non-hydrogen) atoms. The van der Waals surface area contributed by atoms with Crippen LogP contribution in [0.5, 0.6) is 0 Å². The minimum Gasteiger partial charge on any atom is -0.325 e. The highest BCUT2D eigenvalue weighted by atomic mass is 16.2. The molecule has 0 spiro atoms. The number of nitrogens with one attached hydrogen (secondary N) is 2. The van der Waals surface area contributed by atoms with Crippen LogP contribution >= 0.6 is 0 Å². The van der Waals surface area contributed by atoms with Gasteiger partial charge in [0, 0.05) is 11.1 Å². The average Bonchev–Trinajstić information content (AvgIpc) is 2.77. The molecule has 1 aliphatic carbocycles. The summed E-state index contributed by atoms with van der Waals surface area (Å²) in [7, 11) is 0. The molecule has 0 aromatic heterocycles. The summed E-state index contributed by atoms with van der Waals surface area (Å²) >= 11 is 0. The van der Waals surface area contributed by atoms with Gasteiger partial charge in [-0.05, 0) is 25.3 Å². The maximum Gasteiger partial charge on any atom is 0.269 e. The molecule has 1 atom stereocenters. The lowest BCUT2D eigenvalue weighted by Gasteiger charge is -2.36. The first kappa shape index (κ1) is 16.5. The Balaban J connectivity index is 1.74. The van der Waals surface area contributed by atoms with Gasteiger partial charge >= 0.3 is 0 Å². The first-order valence-electron chi connectivity index (χ1n) is 8.70. The Bertz CT molecular complexity index is 888. The molecule has 0 bridgehead atoms. The summed E-state index contributed by atoms with van der Waals surface area (Å²) in [6, 6.07) is 17.1. The SMILES string of the molecule is NC1(C(=O)NC2N=C(c3ccccc3)c3ccccc3NC2=O)CCC1. The number of hydrogen-bond donors (Lipinski definition) is 3. The second-order valence-corrected chi connectivity index (χ2v) is 6.76. The largest absolute Gasteiger partial charge is 0.325 e. The highest BCUT2D eigenvalue weighted by Crippen LogP contribution is 2.30. The second-order valence-electron chi connectivity index (χ2n) is 6.76. The molecule has 2 aliphatic rings. The van der Waals surface area contributed by atoms with E-state index in [0.29, 0.717) is 24.2 Å². The van der Waals surface area contributed by atoms with Crippen LogP contribution < -0.4 is 16.4 Å². The van der Waals surface area contributed by atoms with Crippen molar-refractivity contribution in [1.82, 2.24) is 5.32 Å². The van der Waals surface area contributed by atoms with E-state index in [1.165, 1.54) is 0 Å². The Labute approximate surface area is 151 Å². The molecular formula is C20H20N4O2. The number of amides is 2. The van der Waals surface area contributed by atoms with Crippen molar-refractivity contribution in [2.75, 3.05) is 5.32 Å². The topological polar surface area (TPSA) is 96.6 Å². The average molecular weight is 348 g/mol. The van der Waals surface area contributed by atoms with Crippen molar-refractivity contribution in [3.05, 3.63) is 65.7 Å². The summed E-state index contributed by atoms with van der Waals surface area (Å²) < 4.78 is 0. The number of rotatable bonds is 3. The Morgan fingerprint density at radius 1 is 1.12 bits per heavy atom. The van der Waals surface area contributed by atoms with Crippen LogP contribution in [0.3, 0.4) is 0 Å². The van der Waals surface area contributed by atoms with Crippen LogP contribution in [-0.4, -0.2) is 29.2 Å². The first-order chi connectivity index (χ1) is 12.6. The fourth-order valence-corrected chi connectivity index (χ4v) is 3.23. The molecule has 0 saturated heterocycles. The Morgan fingerprint density at radius 3 is 2.50 bits per heavy atom. The van der Waals surface area contributed by atoms with E-state index in [9.17, 15) is 9.59 Å². The van der Waals surface area contributed by atoms with Crippen LogP contribution in [0.4, 0.5) is 5.69 Å². The number of carbonyl (C=O) groups is 2. The molecule has 6 heteroatoms. The van der Waals surface area contributed by atoms with E-state index in [0.717, 1.165) is 17.5 Å². The maximum absolute atomic E-state index is 12.6. The zero-order valence-corrected chi connectivity index (χ0v) is 14.2. The number of benzodiazepines with no additional fused rings is 1. The first-order valence-corrected chi connectivity index (χ1v) is 8.70. The van der Waals surface area contributed by atoms with Crippen molar-refractivity contribution in [1.29, 1.82) is 0 Å². The fraction of sp³-hybridized carbons (Fsp3) is 0.250. The molecule has 6 nitrogen and oxygen atoms in total. The van der Waals surface area contributed by atoms with Gasteiger partial charge in [-0.3, -0.25) is 9.59 Å². The molecular weight excluding hydrogens is 328 g/mol. The molecule has 1 saturated carbocycles. The summed E-state index contributed by atoms with van der Waals surface area (Å²) in [5.74, 6) is -0.703. The van der Waals surface area contributed by atoms with E-state index in [2.05, 4.69) is 15.6 Å². The van der Waals surface area contributed by atoms with Crippen LogP contribution in [-0.2, 0) is 9.59 Å². The van der Waals surface area contributed by atoms with Crippen LogP contribution in [0.25, 0.3) is 0 Å². The molecule has 1 unspecified atom stereocenters. The number of nitrogens with zero attached hydrogens (tertiary/aromatic N) is 1. The number of carbonyl (C=O) groups excluding carboxylic acids is 2. The summed E-state index contributed by atoms with van der Waals surface area (Å²) in [4.78, 5) is 29.7. The summed E-state index contributed by atoms with van der Waals surface area (Å²) in [6.07, 6.45) is 1.15. The molecule has 1 heterocycles. The van der Waals surface area contributed by atoms with E-state index in [4.69, 9.17) is 5.73 Å². The van der Waals surface area contributed by atoms with Gasteiger partial charge in [-0.15, -0.1) is 0 Å². The molecule has 4 N–H and O–H groups in total. The summed E-state index contributed by atoms with van der Waals surface area (Å²) in [5.41, 5.74) is 8.22. The van der Waals surface area contributed by atoms with E-state index in [1.54, 1.807) is 0 Å². The van der Waals surface area contributed by atoms with Crippen LogP contribution in [0, 0.1) is 0 Å². The van der Waals surface area contributed by atoms with Gasteiger partial charge in [0.05, 0.1) is 16.9 Å². The number of hydrogen-bond acceptors (Lipinski definition) is 4. The third-order valence-corrected chi connectivity index (χ3v) is 4.96. The summed E-state index contributed by atoms with van der Waals surface area (Å²) in [6.45, 7) is 0. The van der Waals surface area contributed by atoms with Gasteiger partial charge in [-0.1, -0.05) is 48.5 Å². The maximum atomic E-state index is 12.6. The molecule has 0 radical (unpaired) electrons. The molecule has 1 aliphatic heterocycles. The zero-order valence-electron chi connectivity index (χ0n) is 14.2. The lowest BCUT2D eigenvalue weighted by molar-refractivity contribution is -0.132. The van der Waals surface area contributed by atoms with Gasteiger partial charge in [0.2, 0.25) is 12.1 Å². The quantitative estimate of drug-likeness (QED) is 0.789. The van der Waals surface area contributed by atoms with Gasteiger partial charge in [0.15, 0.2) is 0 Å². The summed E-state index contributed by atoms with van der Waals surface area (Å²) in [5, 5.41) is 5.58. The lowest BCUT2D eigenvalue weighted by Crippen LogP contribution is -2.61. The number of nitrogens with two attached hydrogens (primary N) is 1. The molecule has 2 amide bonds. The van der Waals surface area contributed by atoms with E-state index in [1.807, 2.05) is 54.6 Å². The van der Waals surface area contributed by atoms with Crippen LogP contribution in [0.15, 0.2) is 59.6 Å². The predicted molar refractivity (Wildman–Crippen MR) is 99.9 cm³/mol. The van der Waals surface area contributed by atoms with Gasteiger partial charge in [-0.2, -0.15) is 0 Å². The van der Waals surface area contributed by atoms with Crippen LogP contribution in [0.2, 0.25) is 0 Å². The van der Waals surface area contributed by atoms with Crippen molar-refractivity contribution >= 4 is 23.2 Å². The molecule has 132 valence electrons. The normalized spacial score (nSPS) is 20.7. The minimum atomic E-state index is -1.02. The van der Waals surface area contributed by atoms with E-state index >= 15 is 0 Å². The van der Waals surface area contributed by atoms with Crippen molar-refractivity contribution in [3.8, 4) is 0 Å². The smallest absolute Gasteiger partial charge is 0.269 e. The van der Waals surface area contributed by atoms with Crippen molar-refractivity contribution in [2.24, 2.45) is 10.7 Å². The zero-order chi connectivity index (χ0) is 18.1. The van der Waals surface area contributed by atoms with Crippen molar-refractivity contribution < 1.29 is 9.59 Å². The van der Waals surface area contributed by atoms with Gasteiger partial charge in [-0.25, -0.2) is 4.99 Å². The van der Waals surface area contributed by atoms with E-state index < -0.39 is 11.7 Å². The number of benzene rings is 2. The molecule has 4 rings (SSSR count). The van der Waals surface area contributed by atoms with E-state index in [-0.39, 0.29) is 11.8 Å². The number of fused-ring (bicyclic) bond motifs is 1. The molecule has 1 fully saturated rings. The number of aliphatic imine (C=N–C) groups is 1. The number of anilines is 1. The Hall–Kier alpha value is -2.99. The Kier molecular flexibility index (Phi) is 4.05. The monoisotopic (exact) mass is 348 g/mol. The third-order valence-electron chi connectivity index (χ3n) is 4.96. The standard InChI is InChI=1S/C20H20N4O2/c21-20(11-6-12-20)19(26)24-17-18(25)22-15-10-5-4-9-14(15)16(23-17)13-7-2-1-3-8-13/h1-5,7-10,17H,6,11-12,21H2,(H,22,25)(H,24,26). The fourth-order valence-electron chi connectivity index (χ4n) is 3.23. The third kappa shape index (κ3) is 2.88. The predicted octanol–water partition coefficient (Wildman–Crippen LogP) is 1.80. The molecule has 2 aromatic rings. The van der Waals surface area contributed by atoms with Gasteiger partial charge in [0.1, 0.15) is 0 Å². The second kappa shape index (κ2) is 6.38. The highest BCUT2D eigenvalue weighted by Gasteiger charge is 2.42. The van der Waals surface area contributed by atoms with Crippen LogP contribution in [0.1, 0.15) is 30.4 Å². The minimum absolute atomic E-state index is 0.328. The molecule has 2 aromatic carbocycles. The van der Waals surface area contributed by atoms with Crippen molar-refractivity contribution in [3.63, 3.8) is 0 Å². The Morgan fingerprint density at radius 2 is 1.81 bits per heavy atom. The highest BCUT2D eigenvalue weighted by molar-refractivity contribution is 6.19. The lowest BCUT2D eigenvalue weighted by atomic mass is 9.77. The van der Waals surface area contributed by atoms with Gasteiger partial charge < -0.3 is 16.4 Å².